The summed E-state index contributed by atoms with van der Waals surface area (Å²) in [6, 6.07) is 4.88. The lowest BCUT2D eigenvalue weighted by atomic mass is 9.94. The van der Waals surface area contributed by atoms with Crippen LogP contribution in [-0.4, -0.2) is 29.3 Å². The summed E-state index contributed by atoms with van der Waals surface area (Å²) in [4.78, 5) is 2.42. The minimum atomic E-state index is 0.660. The SMILES string of the molecule is CCNCc1ccc(N(CC)C2CCCCC2)nn1. The van der Waals surface area contributed by atoms with E-state index in [9.17, 15) is 0 Å². The van der Waals surface area contributed by atoms with Crippen LogP contribution in [0.5, 0.6) is 0 Å². The van der Waals surface area contributed by atoms with Crippen molar-refractivity contribution in [1.82, 2.24) is 15.5 Å². The molecule has 4 heteroatoms. The first-order valence-corrected chi connectivity index (χ1v) is 7.65. The molecule has 1 N–H and O–H groups in total. The Kier molecular flexibility index (Phi) is 5.58. The molecule has 0 unspecified atom stereocenters. The molecule has 4 nitrogen and oxygen atoms in total. The van der Waals surface area contributed by atoms with Crippen LogP contribution in [0.4, 0.5) is 5.82 Å². The second-order valence-corrected chi connectivity index (χ2v) is 5.24. The number of anilines is 1. The van der Waals surface area contributed by atoms with Crippen LogP contribution in [0.15, 0.2) is 12.1 Å². The van der Waals surface area contributed by atoms with Crippen LogP contribution in [-0.2, 0) is 6.54 Å². The van der Waals surface area contributed by atoms with Crippen molar-refractivity contribution in [1.29, 1.82) is 0 Å². The summed E-state index contributed by atoms with van der Waals surface area (Å²) in [5, 5.41) is 12.0. The third-order valence-corrected chi connectivity index (χ3v) is 3.91. The molecule has 0 radical (unpaired) electrons. The Morgan fingerprint density at radius 2 is 1.95 bits per heavy atom. The predicted molar refractivity (Wildman–Crippen MR) is 79.3 cm³/mol. The van der Waals surface area contributed by atoms with Crippen LogP contribution >= 0.6 is 0 Å². The smallest absolute Gasteiger partial charge is 0.151 e. The van der Waals surface area contributed by atoms with E-state index in [4.69, 9.17) is 0 Å². The highest BCUT2D eigenvalue weighted by molar-refractivity contribution is 5.38. The summed E-state index contributed by atoms with van der Waals surface area (Å²) in [6.45, 7) is 7.10. The molecule has 0 amide bonds. The first kappa shape index (κ1) is 14.3. The zero-order chi connectivity index (χ0) is 13.5. The summed E-state index contributed by atoms with van der Waals surface area (Å²) in [6.07, 6.45) is 6.70. The van der Waals surface area contributed by atoms with E-state index in [1.807, 2.05) is 0 Å². The zero-order valence-electron chi connectivity index (χ0n) is 12.2. The summed E-state index contributed by atoms with van der Waals surface area (Å²) >= 11 is 0. The largest absolute Gasteiger partial charge is 0.352 e. The first-order chi connectivity index (χ1) is 9.35. The maximum absolute atomic E-state index is 4.41. The number of nitrogens with one attached hydrogen (secondary N) is 1. The molecule has 0 atom stereocenters. The Morgan fingerprint density at radius 1 is 1.16 bits per heavy atom. The van der Waals surface area contributed by atoms with E-state index in [0.29, 0.717) is 6.04 Å². The zero-order valence-corrected chi connectivity index (χ0v) is 12.2. The van der Waals surface area contributed by atoms with Gasteiger partial charge in [-0.3, -0.25) is 0 Å². The normalized spacial score (nSPS) is 16.5. The van der Waals surface area contributed by atoms with Crippen LogP contribution in [0.25, 0.3) is 0 Å². The fraction of sp³-hybridized carbons (Fsp3) is 0.733. The van der Waals surface area contributed by atoms with Gasteiger partial charge in [0.05, 0.1) is 5.69 Å². The maximum Gasteiger partial charge on any atom is 0.151 e. The fourth-order valence-corrected chi connectivity index (χ4v) is 2.85. The van der Waals surface area contributed by atoms with Crippen LogP contribution in [0.2, 0.25) is 0 Å². The molecule has 1 aromatic rings. The van der Waals surface area contributed by atoms with Gasteiger partial charge in [0.1, 0.15) is 0 Å². The molecule has 0 spiro atoms. The standard InChI is InChI=1S/C15H26N4/c1-3-16-12-13-10-11-15(18-17-13)19(4-2)14-8-6-5-7-9-14/h10-11,14,16H,3-9,12H2,1-2H3. The van der Waals surface area contributed by atoms with E-state index >= 15 is 0 Å². The number of hydrogen-bond donors (Lipinski definition) is 1. The molecule has 0 saturated heterocycles. The van der Waals surface area contributed by atoms with E-state index in [-0.39, 0.29) is 0 Å². The quantitative estimate of drug-likeness (QED) is 0.856. The summed E-state index contributed by atoms with van der Waals surface area (Å²) in [5.41, 5.74) is 1.02. The second kappa shape index (κ2) is 7.43. The van der Waals surface area contributed by atoms with Crippen molar-refractivity contribution < 1.29 is 0 Å². The third kappa shape index (κ3) is 3.90. The molecule has 19 heavy (non-hydrogen) atoms. The molecular weight excluding hydrogens is 236 g/mol. The monoisotopic (exact) mass is 262 g/mol. The van der Waals surface area contributed by atoms with Crippen LogP contribution in [0.1, 0.15) is 51.6 Å². The third-order valence-electron chi connectivity index (χ3n) is 3.91. The van der Waals surface area contributed by atoms with Crippen molar-refractivity contribution in [3.8, 4) is 0 Å². The Hall–Kier alpha value is -1.16. The Labute approximate surface area is 116 Å². The molecule has 1 fully saturated rings. The van der Waals surface area contributed by atoms with Crippen LogP contribution < -0.4 is 10.2 Å². The van der Waals surface area contributed by atoms with Gasteiger partial charge in [-0.1, -0.05) is 26.2 Å². The van der Waals surface area contributed by atoms with Gasteiger partial charge in [0.25, 0.3) is 0 Å². The van der Waals surface area contributed by atoms with Gasteiger partial charge in [-0.2, -0.15) is 5.10 Å². The molecule has 0 aromatic carbocycles. The van der Waals surface area contributed by atoms with Gasteiger partial charge in [0.15, 0.2) is 5.82 Å². The van der Waals surface area contributed by atoms with Crippen molar-refractivity contribution >= 4 is 5.82 Å². The topological polar surface area (TPSA) is 41.0 Å². The minimum absolute atomic E-state index is 0.660. The summed E-state index contributed by atoms with van der Waals surface area (Å²) < 4.78 is 0. The minimum Gasteiger partial charge on any atom is -0.352 e. The number of aromatic nitrogens is 2. The van der Waals surface area contributed by atoms with Gasteiger partial charge < -0.3 is 10.2 Å². The molecule has 1 aliphatic rings. The van der Waals surface area contributed by atoms with E-state index in [1.165, 1.54) is 32.1 Å². The molecule has 1 saturated carbocycles. The Bertz CT molecular complexity index is 357. The van der Waals surface area contributed by atoms with Crippen molar-refractivity contribution in [3.63, 3.8) is 0 Å². The van der Waals surface area contributed by atoms with Crippen molar-refractivity contribution in [3.05, 3.63) is 17.8 Å². The van der Waals surface area contributed by atoms with Crippen molar-refractivity contribution in [2.45, 2.75) is 58.5 Å². The molecule has 1 aromatic heterocycles. The van der Waals surface area contributed by atoms with Crippen molar-refractivity contribution in [2.75, 3.05) is 18.0 Å². The van der Waals surface area contributed by atoms with Gasteiger partial charge >= 0.3 is 0 Å². The van der Waals surface area contributed by atoms with Gasteiger partial charge in [-0.05, 0) is 38.4 Å². The molecule has 106 valence electrons. The second-order valence-electron chi connectivity index (χ2n) is 5.24. The molecular formula is C15H26N4. The highest BCUT2D eigenvalue weighted by Crippen LogP contribution is 2.25. The fourth-order valence-electron chi connectivity index (χ4n) is 2.85. The Balaban J connectivity index is 2.01. The molecule has 2 rings (SSSR count). The van der Waals surface area contributed by atoms with Crippen molar-refractivity contribution in [2.24, 2.45) is 0 Å². The van der Waals surface area contributed by atoms with Gasteiger partial charge in [-0.25, -0.2) is 0 Å². The van der Waals surface area contributed by atoms with E-state index in [0.717, 1.165) is 31.1 Å². The lowest BCUT2D eigenvalue weighted by Gasteiger charge is -2.34. The Morgan fingerprint density at radius 3 is 2.53 bits per heavy atom. The number of hydrogen-bond acceptors (Lipinski definition) is 4. The highest BCUT2D eigenvalue weighted by Gasteiger charge is 2.21. The molecule has 1 aliphatic carbocycles. The summed E-state index contributed by atoms with van der Waals surface area (Å²) in [7, 11) is 0. The van der Waals surface area contributed by atoms with Gasteiger partial charge in [0, 0.05) is 19.1 Å². The van der Waals surface area contributed by atoms with Crippen LogP contribution in [0.3, 0.4) is 0 Å². The van der Waals surface area contributed by atoms with Gasteiger partial charge in [0.2, 0.25) is 0 Å². The molecule has 0 aliphatic heterocycles. The van der Waals surface area contributed by atoms with Crippen LogP contribution in [0, 0.1) is 0 Å². The number of rotatable bonds is 6. The lowest BCUT2D eigenvalue weighted by Crippen LogP contribution is -2.37. The van der Waals surface area contributed by atoms with Gasteiger partial charge in [-0.15, -0.1) is 5.10 Å². The van der Waals surface area contributed by atoms with E-state index < -0.39 is 0 Å². The molecule has 1 heterocycles. The average molecular weight is 262 g/mol. The highest BCUT2D eigenvalue weighted by atomic mass is 15.3. The summed E-state index contributed by atoms with van der Waals surface area (Å²) in [5.74, 6) is 1.04. The average Bonchev–Trinajstić information content (AvgIpc) is 2.48. The number of nitrogens with zero attached hydrogens (tertiary/aromatic N) is 3. The van der Waals surface area contributed by atoms with E-state index in [2.05, 4.69) is 46.4 Å². The van der Waals surface area contributed by atoms with E-state index in [1.54, 1.807) is 0 Å². The predicted octanol–water partition coefficient (Wildman–Crippen LogP) is 2.75. The first-order valence-electron chi connectivity index (χ1n) is 7.65. The maximum atomic E-state index is 4.41. The lowest BCUT2D eigenvalue weighted by molar-refractivity contribution is 0.415. The molecule has 0 bridgehead atoms.